The fraction of sp³-hybridized carbons (Fsp3) is 0.625. The van der Waals surface area contributed by atoms with E-state index in [1.54, 1.807) is 0 Å². The Bertz CT molecular complexity index is 962. The normalized spacial score (nSPS) is 20.1. The molecule has 3 heterocycles. The summed E-state index contributed by atoms with van der Waals surface area (Å²) in [5, 5.41) is 0. The Morgan fingerprint density at radius 1 is 1.03 bits per heavy atom. The van der Waals surface area contributed by atoms with E-state index >= 15 is 0 Å². The standard InChI is InChI=1S/C21H27N4O2.3CH3.Sn/c1-21(2,3)27-20(26)25(15-6-4-7-15)16-11-13-24(14-16)19-10-9-17-18(23-19)8-5-12-22-17;;;;/h5,8-10,15-16H,4,6-7,11,13-14H2,1-3H3;3*1H3;. The summed E-state index contributed by atoms with van der Waals surface area (Å²) in [6.07, 6.45) is 4.14. The monoisotopic (exact) mass is 532 g/mol. The summed E-state index contributed by atoms with van der Waals surface area (Å²) in [4.78, 5) is 34.3. The zero-order valence-electron chi connectivity index (χ0n) is 19.8. The number of pyridine rings is 2. The molecule has 2 aliphatic rings. The molecule has 0 radical (unpaired) electrons. The Morgan fingerprint density at radius 3 is 2.32 bits per heavy atom. The first-order chi connectivity index (χ1) is 14.5. The second kappa shape index (κ2) is 8.41. The van der Waals surface area contributed by atoms with Crippen LogP contribution in [-0.4, -0.2) is 70.1 Å². The molecule has 2 aromatic rings. The zero-order valence-corrected chi connectivity index (χ0v) is 22.7. The number of fused-ring (bicyclic) bond motifs is 1. The van der Waals surface area contributed by atoms with Gasteiger partial charge in [-0.15, -0.1) is 0 Å². The summed E-state index contributed by atoms with van der Waals surface area (Å²) in [5.41, 5.74) is 1.46. The molecule has 1 aliphatic heterocycles. The Balaban J connectivity index is 1.51. The van der Waals surface area contributed by atoms with Gasteiger partial charge in [-0.25, -0.2) is 0 Å². The molecule has 1 saturated heterocycles. The van der Waals surface area contributed by atoms with Crippen LogP contribution in [-0.2, 0) is 4.74 Å². The van der Waals surface area contributed by atoms with Gasteiger partial charge < -0.3 is 0 Å². The Kier molecular flexibility index (Phi) is 6.14. The first kappa shape index (κ1) is 22.6. The van der Waals surface area contributed by atoms with Crippen molar-refractivity contribution >= 4 is 45.0 Å². The quantitative estimate of drug-likeness (QED) is 0.543. The molecule has 1 aliphatic carbocycles. The molecule has 1 atom stereocenters. The maximum atomic E-state index is 13.0. The molecular formula is C24H36N4O2Sn. The molecule has 31 heavy (non-hydrogen) atoms. The zero-order chi connectivity index (χ0) is 22.4. The number of carbonyl (C=O) groups is 1. The summed E-state index contributed by atoms with van der Waals surface area (Å²) in [6.45, 7) is 7.52. The Labute approximate surface area is 190 Å². The molecule has 168 valence electrons. The predicted octanol–water partition coefficient (Wildman–Crippen LogP) is 4.54. The van der Waals surface area contributed by atoms with Crippen molar-refractivity contribution < 1.29 is 9.53 Å². The van der Waals surface area contributed by atoms with Crippen molar-refractivity contribution in [3.63, 3.8) is 0 Å². The molecule has 1 saturated carbocycles. The van der Waals surface area contributed by atoms with E-state index in [-0.39, 0.29) is 12.1 Å². The van der Waals surface area contributed by atoms with Gasteiger partial charge >= 0.3 is 158 Å². The van der Waals surface area contributed by atoms with Gasteiger partial charge in [-0.05, 0) is 27.2 Å². The first-order valence-corrected chi connectivity index (χ1v) is 21.5. The van der Waals surface area contributed by atoms with E-state index in [9.17, 15) is 4.79 Å². The van der Waals surface area contributed by atoms with Crippen molar-refractivity contribution in [1.82, 2.24) is 14.9 Å². The number of aromatic nitrogens is 2. The van der Waals surface area contributed by atoms with E-state index in [1.807, 2.05) is 25.7 Å². The Hall–Kier alpha value is -1.57. The number of hydrogen-bond donors (Lipinski definition) is 0. The third kappa shape index (κ3) is 5.09. The van der Waals surface area contributed by atoms with Crippen LogP contribution in [0.5, 0.6) is 0 Å². The number of anilines is 1. The van der Waals surface area contributed by atoms with E-state index in [0.29, 0.717) is 6.04 Å². The average Bonchev–Trinajstić information content (AvgIpc) is 3.11. The van der Waals surface area contributed by atoms with E-state index in [2.05, 4.69) is 44.0 Å². The van der Waals surface area contributed by atoms with Crippen LogP contribution in [0.4, 0.5) is 10.6 Å². The molecule has 1 amide bonds. The fourth-order valence-corrected chi connectivity index (χ4v) is 7.31. The number of carbonyl (C=O) groups excluding carboxylic acids is 1. The van der Waals surface area contributed by atoms with Crippen LogP contribution in [0, 0.1) is 0 Å². The van der Waals surface area contributed by atoms with E-state index in [1.165, 1.54) is 10.1 Å². The van der Waals surface area contributed by atoms with Crippen molar-refractivity contribution in [1.29, 1.82) is 0 Å². The Morgan fingerprint density at radius 2 is 1.71 bits per heavy atom. The van der Waals surface area contributed by atoms with Crippen LogP contribution >= 0.6 is 0 Å². The second-order valence-corrected chi connectivity index (χ2v) is 25.3. The van der Waals surface area contributed by atoms with Gasteiger partial charge in [0.2, 0.25) is 0 Å². The molecule has 4 rings (SSSR count). The topological polar surface area (TPSA) is 58.6 Å². The van der Waals surface area contributed by atoms with Crippen molar-refractivity contribution in [3.8, 4) is 0 Å². The minimum atomic E-state index is -2.20. The van der Waals surface area contributed by atoms with Gasteiger partial charge in [0.15, 0.2) is 0 Å². The van der Waals surface area contributed by atoms with Gasteiger partial charge in [-0.2, -0.15) is 0 Å². The van der Waals surface area contributed by atoms with Crippen molar-refractivity contribution in [2.45, 2.75) is 79.0 Å². The van der Waals surface area contributed by atoms with Crippen LogP contribution in [0.1, 0.15) is 46.5 Å². The number of hydrogen-bond acceptors (Lipinski definition) is 5. The maximum absolute atomic E-state index is 13.0. The molecular weight excluding hydrogens is 495 g/mol. The van der Waals surface area contributed by atoms with E-state index in [0.717, 1.165) is 49.2 Å². The molecule has 0 aromatic carbocycles. The van der Waals surface area contributed by atoms with Crippen LogP contribution in [0.2, 0.25) is 14.8 Å². The molecule has 0 bridgehead atoms. The molecule has 2 aromatic heterocycles. The third-order valence-corrected chi connectivity index (χ3v) is 11.4. The van der Waals surface area contributed by atoms with Crippen molar-refractivity contribution in [2.24, 2.45) is 0 Å². The van der Waals surface area contributed by atoms with E-state index < -0.39 is 24.0 Å². The van der Waals surface area contributed by atoms with Gasteiger partial charge in [0.25, 0.3) is 0 Å². The summed E-state index contributed by atoms with van der Waals surface area (Å²) in [7, 11) is 0. The second-order valence-electron chi connectivity index (χ2n) is 11.0. The number of nitrogens with zero attached hydrogens (tertiary/aromatic N) is 4. The summed E-state index contributed by atoms with van der Waals surface area (Å²) in [6, 6.07) is 8.97. The molecule has 6 nitrogen and oxygen atoms in total. The van der Waals surface area contributed by atoms with Gasteiger partial charge in [0.1, 0.15) is 5.60 Å². The molecule has 1 unspecified atom stereocenters. The minimum absolute atomic E-state index is 0.166. The van der Waals surface area contributed by atoms with Crippen molar-refractivity contribution in [2.75, 3.05) is 18.0 Å². The molecule has 0 N–H and O–H groups in total. The van der Waals surface area contributed by atoms with Crippen LogP contribution < -0.4 is 8.61 Å². The number of ether oxygens (including phenoxy) is 1. The van der Waals surface area contributed by atoms with Crippen LogP contribution in [0.25, 0.3) is 11.0 Å². The summed E-state index contributed by atoms with van der Waals surface area (Å²) < 4.78 is 7.04. The van der Waals surface area contributed by atoms with Crippen molar-refractivity contribution in [3.05, 3.63) is 24.3 Å². The summed E-state index contributed by atoms with van der Waals surface area (Å²) in [5.74, 6) is 0.974. The van der Waals surface area contributed by atoms with Crippen LogP contribution in [0.15, 0.2) is 24.3 Å². The summed E-state index contributed by atoms with van der Waals surface area (Å²) >= 11 is -2.20. The molecule has 7 heteroatoms. The van der Waals surface area contributed by atoms with Gasteiger partial charge in [-0.1, -0.05) is 0 Å². The average molecular weight is 531 g/mol. The van der Waals surface area contributed by atoms with Crippen LogP contribution in [0.3, 0.4) is 0 Å². The van der Waals surface area contributed by atoms with E-state index in [4.69, 9.17) is 14.7 Å². The predicted molar refractivity (Wildman–Crippen MR) is 129 cm³/mol. The SMILES string of the molecule is CC(C)(C)OC(=O)N(C1CCC1)C1CCN(c2ccc3n[c]([Sn]([CH3])([CH3])[CH3])ccc3n2)C1. The fourth-order valence-electron chi connectivity index (χ4n) is 4.35. The number of rotatable bonds is 4. The van der Waals surface area contributed by atoms with Gasteiger partial charge in [0, 0.05) is 0 Å². The number of amides is 1. The first-order valence-electron chi connectivity index (χ1n) is 11.6. The molecule has 0 spiro atoms. The van der Waals surface area contributed by atoms with Gasteiger partial charge in [-0.3, -0.25) is 0 Å². The molecule has 2 fully saturated rings. The third-order valence-electron chi connectivity index (χ3n) is 6.25. The van der Waals surface area contributed by atoms with Gasteiger partial charge in [0.05, 0.1) is 0 Å².